The Hall–Kier alpha value is -3.30. The Bertz CT molecular complexity index is 695. The van der Waals surface area contributed by atoms with E-state index in [9.17, 15) is 19.5 Å². The minimum Gasteiger partial charge on any atom is -0.480 e. The Labute approximate surface area is 169 Å². The second-order valence-electron chi connectivity index (χ2n) is 6.81. The molecule has 2 amide bonds. The minimum absolute atomic E-state index is 0.0556. The molecule has 10 nitrogen and oxygen atoms in total. The molecule has 0 radical (unpaired) electrons. The standard InChI is InChI=1S/C19H29N5O5/c1-12(2)15(24-19(28)29-11-13-7-4-3-5-8-13)16(25)23-14(17(26)27)9-6-10-22-18(20)21/h3-5,7-8,12,14-15H,6,9-11H2,1-2H3,(H,23,25)(H,24,28)(H,26,27)(H4,20,21,22)/t14-,15-/m0/s1. The van der Waals surface area contributed by atoms with Gasteiger partial charge in [0.1, 0.15) is 18.7 Å². The van der Waals surface area contributed by atoms with Crippen LogP contribution in [0.25, 0.3) is 0 Å². The molecule has 1 aromatic rings. The molecule has 0 heterocycles. The third-order valence-corrected chi connectivity index (χ3v) is 4.03. The molecule has 0 bridgehead atoms. The maximum atomic E-state index is 12.5. The molecule has 7 N–H and O–H groups in total. The van der Waals surface area contributed by atoms with E-state index in [-0.39, 0.29) is 24.9 Å². The molecule has 0 unspecified atom stereocenters. The largest absolute Gasteiger partial charge is 0.480 e. The number of carboxylic acid groups (broad SMARTS) is 1. The molecule has 10 heteroatoms. The molecule has 0 saturated carbocycles. The van der Waals surface area contributed by atoms with E-state index in [1.165, 1.54) is 0 Å². The predicted molar refractivity (Wildman–Crippen MR) is 107 cm³/mol. The van der Waals surface area contributed by atoms with E-state index < -0.39 is 30.1 Å². The van der Waals surface area contributed by atoms with E-state index in [1.807, 2.05) is 18.2 Å². The number of nitrogens with one attached hydrogen (secondary N) is 4. The van der Waals surface area contributed by atoms with Gasteiger partial charge in [-0.15, -0.1) is 0 Å². The zero-order chi connectivity index (χ0) is 21.8. The highest BCUT2D eigenvalue weighted by Gasteiger charge is 2.28. The van der Waals surface area contributed by atoms with Gasteiger partial charge in [0, 0.05) is 6.54 Å². The number of amides is 2. The van der Waals surface area contributed by atoms with Gasteiger partial charge in [-0.05, 0) is 24.3 Å². The number of rotatable bonds is 11. The zero-order valence-corrected chi connectivity index (χ0v) is 16.6. The molecule has 0 saturated heterocycles. The van der Waals surface area contributed by atoms with Crippen LogP contribution in [0.4, 0.5) is 4.79 Å². The molecule has 1 aromatic carbocycles. The number of carbonyl (C=O) groups is 3. The zero-order valence-electron chi connectivity index (χ0n) is 16.6. The Morgan fingerprint density at radius 3 is 2.38 bits per heavy atom. The fourth-order valence-electron chi connectivity index (χ4n) is 2.47. The maximum absolute atomic E-state index is 12.5. The number of carboxylic acids is 1. The average molecular weight is 407 g/mol. The molecule has 0 aliphatic carbocycles. The van der Waals surface area contributed by atoms with Gasteiger partial charge < -0.3 is 31.5 Å². The van der Waals surface area contributed by atoms with Crippen molar-refractivity contribution in [3.05, 3.63) is 35.9 Å². The first-order chi connectivity index (χ1) is 13.7. The van der Waals surface area contributed by atoms with Gasteiger partial charge in [0.25, 0.3) is 0 Å². The average Bonchev–Trinajstić information content (AvgIpc) is 2.66. The van der Waals surface area contributed by atoms with Crippen LogP contribution in [-0.2, 0) is 20.9 Å². The molecule has 2 atom stereocenters. The van der Waals surface area contributed by atoms with Gasteiger partial charge in [0.2, 0.25) is 5.91 Å². The van der Waals surface area contributed by atoms with Crippen LogP contribution < -0.4 is 21.7 Å². The number of hydrogen-bond acceptors (Lipinski definition) is 5. The first-order valence-corrected chi connectivity index (χ1v) is 9.29. The number of guanidine groups is 1. The summed E-state index contributed by atoms with van der Waals surface area (Å²) >= 11 is 0. The third-order valence-electron chi connectivity index (χ3n) is 4.03. The van der Waals surface area contributed by atoms with E-state index >= 15 is 0 Å². The maximum Gasteiger partial charge on any atom is 0.408 e. The molecular weight excluding hydrogens is 378 g/mol. The fourth-order valence-corrected chi connectivity index (χ4v) is 2.47. The van der Waals surface area contributed by atoms with Crippen molar-refractivity contribution in [2.75, 3.05) is 6.54 Å². The lowest BCUT2D eigenvalue weighted by Gasteiger charge is -2.23. The molecule has 160 valence electrons. The van der Waals surface area contributed by atoms with Gasteiger partial charge in [-0.2, -0.15) is 0 Å². The SMILES string of the molecule is CC(C)[C@H](NC(=O)OCc1ccccc1)C(=O)N[C@@H](CCCNC(=N)N)C(=O)O. The summed E-state index contributed by atoms with van der Waals surface area (Å²) in [6.07, 6.45) is -0.236. The number of alkyl carbamates (subject to hydrolysis) is 1. The van der Waals surface area contributed by atoms with E-state index in [0.717, 1.165) is 5.56 Å². The highest BCUT2D eigenvalue weighted by molar-refractivity contribution is 5.89. The van der Waals surface area contributed by atoms with E-state index in [4.69, 9.17) is 15.9 Å². The highest BCUT2D eigenvalue weighted by Crippen LogP contribution is 2.06. The monoisotopic (exact) mass is 407 g/mol. The van der Waals surface area contributed by atoms with Gasteiger partial charge in [0.05, 0.1) is 0 Å². The number of benzene rings is 1. The quantitative estimate of drug-likeness (QED) is 0.179. The van der Waals surface area contributed by atoms with Crippen LogP contribution in [0, 0.1) is 11.3 Å². The Morgan fingerprint density at radius 1 is 1.17 bits per heavy atom. The molecule has 0 aliphatic rings. The smallest absolute Gasteiger partial charge is 0.408 e. The van der Waals surface area contributed by atoms with Crippen molar-refractivity contribution in [2.24, 2.45) is 11.7 Å². The predicted octanol–water partition coefficient (Wildman–Crippen LogP) is 0.770. The van der Waals surface area contributed by atoms with Crippen molar-refractivity contribution in [3.63, 3.8) is 0 Å². The lowest BCUT2D eigenvalue weighted by Crippen LogP contribution is -2.53. The van der Waals surface area contributed by atoms with Crippen molar-refractivity contribution in [1.29, 1.82) is 5.41 Å². The summed E-state index contributed by atoms with van der Waals surface area (Å²) in [5.74, 6) is -2.29. The Balaban J connectivity index is 2.58. The second kappa shape index (κ2) is 12.2. The number of hydrogen-bond donors (Lipinski definition) is 6. The molecular formula is C19H29N5O5. The van der Waals surface area contributed by atoms with Crippen LogP contribution in [0.2, 0.25) is 0 Å². The molecule has 29 heavy (non-hydrogen) atoms. The third kappa shape index (κ3) is 9.45. The summed E-state index contributed by atoms with van der Waals surface area (Å²) < 4.78 is 5.13. The van der Waals surface area contributed by atoms with Crippen molar-refractivity contribution in [1.82, 2.24) is 16.0 Å². The summed E-state index contributed by atoms with van der Waals surface area (Å²) in [5.41, 5.74) is 5.97. The molecule has 0 aromatic heterocycles. The summed E-state index contributed by atoms with van der Waals surface area (Å²) in [4.78, 5) is 36.0. The van der Waals surface area contributed by atoms with E-state index in [1.54, 1.807) is 26.0 Å². The van der Waals surface area contributed by atoms with Crippen LogP contribution in [0.1, 0.15) is 32.3 Å². The lowest BCUT2D eigenvalue weighted by molar-refractivity contribution is -0.142. The highest BCUT2D eigenvalue weighted by atomic mass is 16.5. The van der Waals surface area contributed by atoms with Gasteiger partial charge in [-0.3, -0.25) is 10.2 Å². The first-order valence-electron chi connectivity index (χ1n) is 9.29. The van der Waals surface area contributed by atoms with Crippen molar-refractivity contribution in [3.8, 4) is 0 Å². The van der Waals surface area contributed by atoms with Crippen LogP contribution in [0.5, 0.6) is 0 Å². The molecule has 1 rings (SSSR count). The second-order valence-corrected chi connectivity index (χ2v) is 6.81. The number of aliphatic carboxylic acids is 1. The van der Waals surface area contributed by atoms with Gasteiger partial charge in [-0.25, -0.2) is 9.59 Å². The summed E-state index contributed by atoms with van der Waals surface area (Å²) in [6, 6.07) is 7.02. The number of carbonyl (C=O) groups excluding carboxylic acids is 2. The summed E-state index contributed by atoms with van der Waals surface area (Å²) in [7, 11) is 0. The molecule has 0 fully saturated rings. The fraction of sp³-hybridized carbons (Fsp3) is 0.474. The van der Waals surface area contributed by atoms with Crippen molar-refractivity contribution in [2.45, 2.75) is 45.4 Å². The Kier molecular flexibility index (Phi) is 10.00. The van der Waals surface area contributed by atoms with Crippen LogP contribution in [0.3, 0.4) is 0 Å². The summed E-state index contributed by atoms with van der Waals surface area (Å²) in [6.45, 7) is 3.83. The van der Waals surface area contributed by atoms with Gasteiger partial charge >= 0.3 is 12.1 Å². The minimum atomic E-state index is -1.18. The molecule has 0 aliphatic heterocycles. The van der Waals surface area contributed by atoms with E-state index in [0.29, 0.717) is 13.0 Å². The van der Waals surface area contributed by atoms with Crippen LogP contribution in [-0.4, -0.2) is 47.7 Å². The number of ether oxygens (including phenoxy) is 1. The van der Waals surface area contributed by atoms with Crippen LogP contribution >= 0.6 is 0 Å². The first kappa shape index (κ1) is 23.7. The number of nitrogens with two attached hydrogens (primary N) is 1. The van der Waals surface area contributed by atoms with Crippen molar-refractivity contribution < 1.29 is 24.2 Å². The van der Waals surface area contributed by atoms with Gasteiger partial charge in [0.15, 0.2) is 5.96 Å². The lowest BCUT2D eigenvalue weighted by atomic mass is 10.0. The molecule has 0 spiro atoms. The Morgan fingerprint density at radius 2 is 1.83 bits per heavy atom. The normalized spacial score (nSPS) is 12.5. The summed E-state index contributed by atoms with van der Waals surface area (Å²) in [5, 5.41) is 23.9. The van der Waals surface area contributed by atoms with Crippen LogP contribution in [0.15, 0.2) is 30.3 Å². The van der Waals surface area contributed by atoms with Crippen molar-refractivity contribution >= 4 is 23.9 Å². The topological polar surface area (TPSA) is 167 Å². The van der Waals surface area contributed by atoms with Gasteiger partial charge in [-0.1, -0.05) is 44.2 Å². The van der Waals surface area contributed by atoms with E-state index in [2.05, 4.69) is 16.0 Å².